The number of carbonyl (C=O) groups is 2. The first-order chi connectivity index (χ1) is 10.6. The predicted molar refractivity (Wildman–Crippen MR) is 95.1 cm³/mol. The topological polar surface area (TPSA) is 61.4 Å². The Morgan fingerprint density at radius 1 is 1.13 bits per heavy atom. The van der Waals surface area contributed by atoms with Gasteiger partial charge in [0, 0.05) is 5.54 Å². The number of benzene rings is 1. The zero-order chi connectivity index (χ0) is 17.6. The first-order valence-electron chi connectivity index (χ1n) is 7.39. The van der Waals surface area contributed by atoms with Crippen LogP contribution < -0.4 is 10.6 Å². The summed E-state index contributed by atoms with van der Waals surface area (Å²) in [5.41, 5.74) is 0.159. The number of carbonyl (C=O) groups excluding carboxylic acids is 2. The lowest BCUT2D eigenvalue weighted by molar-refractivity contribution is -0.124. The molecule has 0 heterocycles. The number of anilines is 1. The van der Waals surface area contributed by atoms with Crippen LogP contribution in [0.3, 0.4) is 0 Å². The zero-order valence-corrected chi connectivity index (χ0v) is 15.4. The zero-order valence-electron chi connectivity index (χ0n) is 13.9. The molecule has 0 bridgehead atoms. The Labute approximate surface area is 147 Å². The maximum absolute atomic E-state index is 12.1. The SMILES string of the molecule is CCN(CC(=O)Nc1cccc(Cl)c1Cl)CC(=O)NC(C)(C)C. The van der Waals surface area contributed by atoms with Crippen molar-refractivity contribution in [2.45, 2.75) is 33.2 Å². The van der Waals surface area contributed by atoms with E-state index in [0.29, 0.717) is 22.3 Å². The van der Waals surface area contributed by atoms with Gasteiger partial charge in [0.15, 0.2) is 0 Å². The Kier molecular flexibility index (Phi) is 7.32. The minimum atomic E-state index is -0.299. The van der Waals surface area contributed by atoms with E-state index in [1.165, 1.54) is 0 Å². The molecule has 0 aromatic heterocycles. The number of nitrogens with one attached hydrogen (secondary N) is 2. The van der Waals surface area contributed by atoms with Crippen LogP contribution in [0.4, 0.5) is 5.69 Å². The van der Waals surface area contributed by atoms with E-state index in [0.717, 1.165) is 0 Å². The van der Waals surface area contributed by atoms with E-state index in [-0.39, 0.29) is 30.4 Å². The van der Waals surface area contributed by atoms with Gasteiger partial charge in [0.05, 0.1) is 28.8 Å². The van der Waals surface area contributed by atoms with Gasteiger partial charge in [-0.15, -0.1) is 0 Å². The van der Waals surface area contributed by atoms with Crippen LogP contribution in [0.2, 0.25) is 10.0 Å². The molecule has 0 aliphatic rings. The van der Waals surface area contributed by atoms with Gasteiger partial charge in [-0.1, -0.05) is 36.2 Å². The molecule has 0 aliphatic carbocycles. The summed E-state index contributed by atoms with van der Waals surface area (Å²) < 4.78 is 0. The fourth-order valence-electron chi connectivity index (χ4n) is 1.93. The van der Waals surface area contributed by atoms with Crippen molar-refractivity contribution in [1.29, 1.82) is 0 Å². The van der Waals surface area contributed by atoms with Crippen molar-refractivity contribution < 1.29 is 9.59 Å². The first kappa shape index (κ1) is 19.7. The summed E-state index contributed by atoms with van der Waals surface area (Å²) in [6.45, 7) is 8.46. The molecule has 23 heavy (non-hydrogen) atoms. The highest BCUT2D eigenvalue weighted by Gasteiger charge is 2.18. The molecule has 0 saturated carbocycles. The van der Waals surface area contributed by atoms with Gasteiger partial charge in [-0.3, -0.25) is 14.5 Å². The quantitative estimate of drug-likeness (QED) is 0.819. The van der Waals surface area contributed by atoms with Crippen LogP contribution in [0.1, 0.15) is 27.7 Å². The molecule has 0 spiro atoms. The summed E-state index contributed by atoms with van der Waals surface area (Å²) in [5.74, 6) is -0.368. The molecule has 0 saturated heterocycles. The largest absolute Gasteiger partial charge is 0.350 e. The lowest BCUT2D eigenvalue weighted by atomic mass is 10.1. The van der Waals surface area contributed by atoms with Crippen LogP contribution in [-0.2, 0) is 9.59 Å². The van der Waals surface area contributed by atoms with Gasteiger partial charge in [-0.25, -0.2) is 0 Å². The van der Waals surface area contributed by atoms with Gasteiger partial charge in [-0.2, -0.15) is 0 Å². The number of halogens is 2. The number of rotatable bonds is 6. The molecule has 0 radical (unpaired) electrons. The van der Waals surface area contributed by atoms with Gasteiger partial charge in [-0.05, 0) is 39.4 Å². The second-order valence-electron chi connectivity index (χ2n) is 6.25. The monoisotopic (exact) mass is 359 g/mol. The van der Waals surface area contributed by atoms with Gasteiger partial charge >= 0.3 is 0 Å². The van der Waals surface area contributed by atoms with Gasteiger partial charge < -0.3 is 10.6 Å². The predicted octanol–water partition coefficient (Wildman–Crippen LogP) is 3.17. The van der Waals surface area contributed by atoms with Crippen LogP contribution >= 0.6 is 23.2 Å². The Morgan fingerprint density at radius 3 is 2.30 bits per heavy atom. The molecule has 2 N–H and O–H groups in total. The van der Waals surface area contributed by atoms with E-state index >= 15 is 0 Å². The fourth-order valence-corrected chi connectivity index (χ4v) is 2.28. The summed E-state index contributed by atoms with van der Waals surface area (Å²) >= 11 is 12.0. The van der Waals surface area contributed by atoms with Crippen LogP contribution in [0, 0.1) is 0 Å². The van der Waals surface area contributed by atoms with Crippen molar-refractivity contribution in [3.05, 3.63) is 28.2 Å². The van der Waals surface area contributed by atoms with Crippen molar-refractivity contribution >= 4 is 40.7 Å². The molecular formula is C16H23Cl2N3O2. The smallest absolute Gasteiger partial charge is 0.238 e. The second kappa shape index (κ2) is 8.52. The number of nitrogens with zero attached hydrogens (tertiary/aromatic N) is 1. The van der Waals surface area contributed by atoms with Crippen molar-refractivity contribution in [3.8, 4) is 0 Å². The highest BCUT2D eigenvalue weighted by molar-refractivity contribution is 6.44. The first-order valence-corrected chi connectivity index (χ1v) is 8.15. The number of hydrogen-bond donors (Lipinski definition) is 2. The molecule has 1 rings (SSSR count). The third-order valence-electron chi connectivity index (χ3n) is 2.92. The number of likely N-dealkylation sites (N-methyl/N-ethyl adjacent to an activating group) is 1. The third-order valence-corrected chi connectivity index (χ3v) is 3.74. The Hall–Kier alpha value is -1.30. The van der Waals surface area contributed by atoms with Crippen molar-refractivity contribution in [3.63, 3.8) is 0 Å². The molecule has 0 atom stereocenters. The van der Waals surface area contributed by atoms with Crippen LogP contribution in [0.5, 0.6) is 0 Å². The summed E-state index contributed by atoms with van der Waals surface area (Å²) in [7, 11) is 0. The fraction of sp³-hybridized carbons (Fsp3) is 0.500. The van der Waals surface area contributed by atoms with Gasteiger partial charge in [0.1, 0.15) is 0 Å². The molecule has 1 aromatic rings. The maximum Gasteiger partial charge on any atom is 0.238 e. The number of hydrogen-bond acceptors (Lipinski definition) is 3. The molecule has 1 aromatic carbocycles. The van der Waals surface area contributed by atoms with Crippen LogP contribution in [0.25, 0.3) is 0 Å². The minimum absolute atomic E-state index is 0.0942. The summed E-state index contributed by atoms with van der Waals surface area (Å²) in [4.78, 5) is 25.8. The van der Waals surface area contributed by atoms with Crippen molar-refractivity contribution in [2.24, 2.45) is 0 Å². The second-order valence-corrected chi connectivity index (χ2v) is 7.04. The standard InChI is InChI=1S/C16H23Cl2N3O2/c1-5-21(10-14(23)20-16(2,3)4)9-13(22)19-12-8-6-7-11(17)15(12)18/h6-8H,5,9-10H2,1-4H3,(H,19,22)(H,20,23). The summed E-state index contributed by atoms with van der Waals surface area (Å²) in [6.07, 6.45) is 0. The van der Waals surface area contributed by atoms with E-state index in [9.17, 15) is 9.59 Å². The molecule has 2 amide bonds. The van der Waals surface area contributed by atoms with E-state index in [1.54, 1.807) is 23.1 Å². The van der Waals surface area contributed by atoms with E-state index in [1.807, 2.05) is 27.7 Å². The maximum atomic E-state index is 12.1. The molecule has 0 fully saturated rings. The van der Waals surface area contributed by atoms with Crippen molar-refractivity contribution in [1.82, 2.24) is 10.2 Å². The molecule has 5 nitrogen and oxygen atoms in total. The van der Waals surface area contributed by atoms with Crippen LogP contribution in [-0.4, -0.2) is 41.9 Å². The Morgan fingerprint density at radius 2 is 1.74 bits per heavy atom. The summed E-state index contributed by atoms with van der Waals surface area (Å²) in [6, 6.07) is 5.03. The van der Waals surface area contributed by atoms with Crippen molar-refractivity contribution in [2.75, 3.05) is 25.0 Å². The third kappa shape index (κ3) is 7.20. The minimum Gasteiger partial charge on any atom is -0.350 e. The lowest BCUT2D eigenvalue weighted by Gasteiger charge is -2.24. The van der Waals surface area contributed by atoms with Crippen LogP contribution in [0.15, 0.2) is 18.2 Å². The van der Waals surface area contributed by atoms with Gasteiger partial charge in [0.25, 0.3) is 0 Å². The number of amides is 2. The average Bonchev–Trinajstić information content (AvgIpc) is 2.41. The Bertz CT molecular complexity index is 571. The normalized spacial score (nSPS) is 11.4. The average molecular weight is 360 g/mol. The highest BCUT2D eigenvalue weighted by atomic mass is 35.5. The Balaban J connectivity index is 2.60. The van der Waals surface area contributed by atoms with E-state index in [2.05, 4.69) is 10.6 Å². The summed E-state index contributed by atoms with van der Waals surface area (Å²) in [5, 5.41) is 6.26. The lowest BCUT2D eigenvalue weighted by Crippen LogP contribution is -2.47. The van der Waals surface area contributed by atoms with E-state index < -0.39 is 0 Å². The highest BCUT2D eigenvalue weighted by Crippen LogP contribution is 2.29. The van der Waals surface area contributed by atoms with Gasteiger partial charge in [0.2, 0.25) is 11.8 Å². The molecule has 128 valence electrons. The van der Waals surface area contributed by atoms with E-state index in [4.69, 9.17) is 23.2 Å². The molecule has 0 unspecified atom stereocenters. The molecule has 7 heteroatoms. The molecule has 0 aliphatic heterocycles. The molecular weight excluding hydrogens is 337 g/mol.